The summed E-state index contributed by atoms with van der Waals surface area (Å²) in [5, 5.41) is 3.41. The Kier molecular flexibility index (Phi) is 10.3. The number of amides is 1. The van der Waals surface area contributed by atoms with Gasteiger partial charge in [0.05, 0.1) is 6.10 Å². The third-order valence-corrected chi connectivity index (χ3v) is 6.22. The predicted octanol–water partition coefficient (Wildman–Crippen LogP) is 2.83. The van der Waals surface area contributed by atoms with Gasteiger partial charge in [0.1, 0.15) is 0 Å². The van der Waals surface area contributed by atoms with Crippen molar-refractivity contribution >= 4 is 11.9 Å². The van der Waals surface area contributed by atoms with E-state index in [0.717, 1.165) is 84.0 Å². The fourth-order valence-corrected chi connectivity index (χ4v) is 4.40. The first-order chi connectivity index (χ1) is 15.7. The van der Waals surface area contributed by atoms with Gasteiger partial charge in [-0.15, -0.1) is 0 Å². The Morgan fingerprint density at radius 3 is 2.62 bits per heavy atom. The molecule has 0 radical (unpaired) electrons. The van der Waals surface area contributed by atoms with Crippen LogP contribution in [-0.2, 0) is 27.2 Å². The summed E-state index contributed by atoms with van der Waals surface area (Å²) < 4.78 is 11.0. The van der Waals surface area contributed by atoms with Gasteiger partial charge in [-0.25, -0.2) is 0 Å². The number of ether oxygens (including phenoxy) is 2. The van der Waals surface area contributed by atoms with Gasteiger partial charge in [-0.2, -0.15) is 0 Å². The number of methoxy groups -OCH3 is 1. The summed E-state index contributed by atoms with van der Waals surface area (Å²) in [6, 6.07) is 8.44. The number of rotatable bonds is 10. The van der Waals surface area contributed by atoms with Gasteiger partial charge in [-0.05, 0) is 50.2 Å². The van der Waals surface area contributed by atoms with Crippen LogP contribution in [0.4, 0.5) is 0 Å². The highest BCUT2D eigenvalue weighted by Gasteiger charge is 2.22. The number of fused-ring (bicyclic) bond motifs is 1. The summed E-state index contributed by atoms with van der Waals surface area (Å²) in [6.45, 7) is 8.60. The Bertz CT molecular complexity index is 732. The van der Waals surface area contributed by atoms with E-state index in [1.165, 1.54) is 11.1 Å². The average Bonchev–Trinajstić information content (AvgIpc) is 2.84. The van der Waals surface area contributed by atoms with Crippen LogP contribution in [0.2, 0.25) is 0 Å². The fourth-order valence-electron chi connectivity index (χ4n) is 4.40. The van der Waals surface area contributed by atoms with Crippen LogP contribution in [0.3, 0.4) is 0 Å². The highest BCUT2D eigenvalue weighted by atomic mass is 16.5. The minimum atomic E-state index is 0.242. The minimum absolute atomic E-state index is 0.242. The number of likely N-dealkylation sites (tertiary alicyclic amines) is 1. The number of carbonyl (C=O) groups is 1. The number of nitrogens with one attached hydrogen (secondary N) is 1. The molecule has 1 N–H and O–H groups in total. The van der Waals surface area contributed by atoms with E-state index in [1.807, 2.05) is 4.90 Å². The lowest BCUT2D eigenvalue weighted by molar-refractivity contribution is -0.132. The quantitative estimate of drug-likeness (QED) is 0.342. The molecule has 0 saturated carbocycles. The molecule has 7 heteroatoms. The van der Waals surface area contributed by atoms with Gasteiger partial charge in [0.25, 0.3) is 0 Å². The zero-order valence-electron chi connectivity index (χ0n) is 19.9. The van der Waals surface area contributed by atoms with Crippen LogP contribution < -0.4 is 5.32 Å². The lowest BCUT2D eigenvalue weighted by Gasteiger charge is -2.34. The molecule has 1 amide bonds. The number of hydrogen-bond donors (Lipinski definition) is 1. The highest BCUT2D eigenvalue weighted by molar-refractivity contribution is 5.80. The maximum Gasteiger partial charge on any atom is 0.222 e. The zero-order valence-corrected chi connectivity index (χ0v) is 19.9. The van der Waals surface area contributed by atoms with Crippen molar-refractivity contribution in [2.24, 2.45) is 4.99 Å². The molecule has 32 heavy (non-hydrogen) atoms. The van der Waals surface area contributed by atoms with Crippen LogP contribution in [0.1, 0.15) is 50.2 Å². The number of carbonyl (C=O) groups excluding carboxylic acids is 1. The van der Waals surface area contributed by atoms with Crippen LogP contribution in [0.5, 0.6) is 0 Å². The summed E-state index contributed by atoms with van der Waals surface area (Å²) in [5.41, 5.74) is 2.66. The molecule has 2 heterocycles. The lowest BCUT2D eigenvalue weighted by Crippen LogP contribution is -2.47. The predicted molar refractivity (Wildman–Crippen MR) is 128 cm³/mol. The number of guanidine groups is 1. The van der Waals surface area contributed by atoms with Gasteiger partial charge in [0, 0.05) is 66.0 Å². The van der Waals surface area contributed by atoms with Crippen molar-refractivity contribution < 1.29 is 14.3 Å². The summed E-state index contributed by atoms with van der Waals surface area (Å²) in [6.07, 6.45) is 5.62. The largest absolute Gasteiger partial charge is 0.385 e. The van der Waals surface area contributed by atoms with Gasteiger partial charge in [0.15, 0.2) is 5.96 Å². The molecule has 2 aliphatic rings. The molecule has 178 valence electrons. The molecule has 0 bridgehead atoms. The second-order valence-electron chi connectivity index (χ2n) is 8.58. The summed E-state index contributed by atoms with van der Waals surface area (Å²) in [4.78, 5) is 21.8. The van der Waals surface area contributed by atoms with Crippen molar-refractivity contribution in [2.45, 2.75) is 58.1 Å². The van der Waals surface area contributed by atoms with Gasteiger partial charge in [-0.3, -0.25) is 9.79 Å². The summed E-state index contributed by atoms with van der Waals surface area (Å²) >= 11 is 0. The Morgan fingerprint density at radius 2 is 1.88 bits per heavy atom. The first-order valence-electron chi connectivity index (χ1n) is 12.2. The molecule has 0 aliphatic carbocycles. The van der Waals surface area contributed by atoms with Crippen LogP contribution in [0.15, 0.2) is 29.3 Å². The van der Waals surface area contributed by atoms with E-state index in [-0.39, 0.29) is 5.91 Å². The van der Waals surface area contributed by atoms with Crippen molar-refractivity contribution in [3.05, 3.63) is 35.4 Å². The van der Waals surface area contributed by atoms with E-state index >= 15 is 0 Å². The number of nitrogens with zero attached hydrogens (tertiary/aromatic N) is 3. The SMILES string of the molecule is CCNC(=NCCCC(=O)N1CCc2ccccc2C1)N1CCC(OCCCOC)CC1. The Labute approximate surface area is 193 Å². The standard InChI is InChI=1S/C25H40N4O3/c1-3-26-25(28-16-12-23(13-17-28)32-19-7-18-31-2)27-14-6-10-24(30)29-15-11-21-8-4-5-9-22(21)20-29/h4-5,8-9,23H,3,6-7,10-20H2,1-2H3,(H,26,27). The first-order valence-corrected chi connectivity index (χ1v) is 12.2. The molecule has 0 aromatic heterocycles. The second kappa shape index (κ2) is 13.4. The van der Waals surface area contributed by atoms with E-state index in [4.69, 9.17) is 14.5 Å². The van der Waals surface area contributed by atoms with E-state index < -0.39 is 0 Å². The molecule has 1 aromatic carbocycles. The molecular formula is C25H40N4O3. The molecule has 1 saturated heterocycles. The Hall–Kier alpha value is -2.12. The molecular weight excluding hydrogens is 404 g/mol. The smallest absolute Gasteiger partial charge is 0.222 e. The normalized spacial score (nSPS) is 17.4. The van der Waals surface area contributed by atoms with Gasteiger partial charge >= 0.3 is 0 Å². The number of aliphatic imine (C=N–C) groups is 1. The zero-order chi connectivity index (χ0) is 22.6. The van der Waals surface area contributed by atoms with Crippen LogP contribution in [0.25, 0.3) is 0 Å². The maximum absolute atomic E-state index is 12.7. The van der Waals surface area contributed by atoms with Crippen molar-refractivity contribution in [1.29, 1.82) is 0 Å². The van der Waals surface area contributed by atoms with Gasteiger partial charge in [-0.1, -0.05) is 24.3 Å². The molecule has 0 spiro atoms. The number of benzene rings is 1. The molecule has 2 aliphatic heterocycles. The third kappa shape index (κ3) is 7.48. The minimum Gasteiger partial charge on any atom is -0.385 e. The second-order valence-corrected chi connectivity index (χ2v) is 8.58. The molecule has 0 atom stereocenters. The van der Waals surface area contributed by atoms with E-state index in [1.54, 1.807) is 7.11 Å². The monoisotopic (exact) mass is 444 g/mol. The summed E-state index contributed by atoms with van der Waals surface area (Å²) in [7, 11) is 1.72. The molecule has 1 fully saturated rings. The van der Waals surface area contributed by atoms with E-state index in [9.17, 15) is 4.79 Å². The number of piperidine rings is 1. The van der Waals surface area contributed by atoms with Gasteiger partial charge in [0.2, 0.25) is 5.91 Å². The van der Waals surface area contributed by atoms with Crippen LogP contribution >= 0.6 is 0 Å². The molecule has 1 aromatic rings. The molecule has 0 unspecified atom stereocenters. The maximum atomic E-state index is 12.7. The fraction of sp³-hybridized carbons (Fsp3) is 0.680. The van der Waals surface area contributed by atoms with Crippen molar-refractivity contribution in [1.82, 2.24) is 15.1 Å². The van der Waals surface area contributed by atoms with Crippen molar-refractivity contribution in [3.63, 3.8) is 0 Å². The Morgan fingerprint density at radius 1 is 1.09 bits per heavy atom. The summed E-state index contributed by atoms with van der Waals surface area (Å²) in [5.74, 6) is 1.20. The topological polar surface area (TPSA) is 66.4 Å². The Balaban J connectivity index is 1.38. The first kappa shape index (κ1) is 24.5. The van der Waals surface area contributed by atoms with Crippen molar-refractivity contribution in [2.75, 3.05) is 53.0 Å². The van der Waals surface area contributed by atoms with Gasteiger partial charge < -0.3 is 24.6 Å². The van der Waals surface area contributed by atoms with Crippen LogP contribution in [0, 0.1) is 0 Å². The van der Waals surface area contributed by atoms with E-state index in [2.05, 4.69) is 41.4 Å². The molecule has 3 rings (SSSR count). The molecule has 7 nitrogen and oxygen atoms in total. The highest BCUT2D eigenvalue weighted by Crippen LogP contribution is 2.19. The average molecular weight is 445 g/mol. The van der Waals surface area contributed by atoms with Crippen molar-refractivity contribution in [3.8, 4) is 0 Å². The third-order valence-electron chi connectivity index (χ3n) is 6.22. The van der Waals surface area contributed by atoms with Crippen LogP contribution in [-0.4, -0.2) is 80.8 Å². The lowest BCUT2D eigenvalue weighted by atomic mass is 9.99. The number of hydrogen-bond acceptors (Lipinski definition) is 4. The van der Waals surface area contributed by atoms with E-state index in [0.29, 0.717) is 19.1 Å².